The Bertz CT molecular complexity index is 1420. The molecule has 1 N–H and O–H groups in total. The summed E-state index contributed by atoms with van der Waals surface area (Å²) in [5, 5.41) is 11.6. The predicted octanol–water partition coefficient (Wildman–Crippen LogP) is 5.63. The normalized spacial score (nSPS) is 17.5. The van der Waals surface area contributed by atoms with Gasteiger partial charge in [-0.3, -0.25) is 14.5 Å². The van der Waals surface area contributed by atoms with Crippen LogP contribution in [0, 0.1) is 6.92 Å². The number of aliphatic hydroxyl groups is 1. The van der Waals surface area contributed by atoms with E-state index in [2.05, 4.69) is 4.98 Å². The molecule has 7 heteroatoms. The zero-order valence-corrected chi connectivity index (χ0v) is 19.5. The number of hydrogen-bond donors (Lipinski definition) is 1. The number of hydrogen-bond acceptors (Lipinski definition) is 6. The van der Waals surface area contributed by atoms with Crippen molar-refractivity contribution in [2.75, 3.05) is 11.5 Å². The van der Waals surface area contributed by atoms with Crippen molar-refractivity contribution in [1.82, 2.24) is 4.98 Å². The van der Waals surface area contributed by atoms with Gasteiger partial charge in [0.25, 0.3) is 5.78 Å². The van der Waals surface area contributed by atoms with E-state index < -0.39 is 17.7 Å². The fourth-order valence-corrected chi connectivity index (χ4v) is 5.22. The Hall–Kier alpha value is -3.97. The predicted molar refractivity (Wildman–Crippen MR) is 133 cm³/mol. The zero-order chi connectivity index (χ0) is 23.8. The number of Topliss-reactive ketones (excluding diaryl/α,β-unsaturated/α-hetero) is 1. The number of fused-ring (bicyclic) bond motifs is 1. The Morgan fingerprint density at radius 1 is 1.06 bits per heavy atom. The number of carbonyl (C=O) groups is 2. The van der Waals surface area contributed by atoms with Crippen LogP contribution in [0.15, 0.2) is 78.4 Å². The molecule has 1 amide bonds. The third-order valence-electron chi connectivity index (χ3n) is 5.74. The van der Waals surface area contributed by atoms with Gasteiger partial charge in [0, 0.05) is 5.56 Å². The molecule has 2 heterocycles. The van der Waals surface area contributed by atoms with Crippen LogP contribution < -0.4 is 9.64 Å². The van der Waals surface area contributed by atoms with Crippen molar-refractivity contribution in [3.8, 4) is 5.75 Å². The number of ketones is 1. The Morgan fingerprint density at radius 2 is 1.79 bits per heavy atom. The van der Waals surface area contributed by atoms with Gasteiger partial charge in [-0.1, -0.05) is 47.7 Å². The van der Waals surface area contributed by atoms with Crippen molar-refractivity contribution < 1.29 is 19.4 Å². The van der Waals surface area contributed by atoms with Crippen molar-refractivity contribution in [1.29, 1.82) is 0 Å². The number of aryl methyl sites for hydroxylation is 1. The minimum atomic E-state index is -0.797. The summed E-state index contributed by atoms with van der Waals surface area (Å²) in [6.07, 6.45) is 0. The van der Waals surface area contributed by atoms with Gasteiger partial charge < -0.3 is 9.84 Å². The molecular weight excluding hydrogens is 448 g/mol. The van der Waals surface area contributed by atoms with Crippen LogP contribution in [-0.4, -0.2) is 28.4 Å². The molecule has 0 radical (unpaired) electrons. The maximum absolute atomic E-state index is 13.3. The quantitative estimate of drug-likeness (QED) is 0.232. The number of rotatable bonds is 5. The number of carbonyl (C=O) groups excluding carboxylic acids is 2. The van der Waals surface area contributed by atoms with E-state index in [-0.39, 0.29) is 11.3 Å². The van der Waals surface area contributed by atoms with Crippen molar-refractivity contribution in [3.63, 3.8) is 0 Å². The third kappa shape index (κ3) is 3.74. The van der Waals surface area contributed by atoms with E-state index in [0.29, 0.717) is 28.6 Å². The van der Waals surface area contributed by atoms with E-state index in [9.17, 15) is 14.7 Å². The van der Waals surface area contributed by atoms with Gasteiger partial charge in [0.2, 0.25) is 0 Å². The second kappa shape index (κ2) is 8.76. The molecule has 1 aliphatic rings. The van der Waals surface area contributed by atoms with Crippen molar-refractivity contribution in [3.05, 3.63) is 95.1 Å². The number of nitrogens with zero attached hydrogens (tertiary/aromatic N) is 2. The Kier molecular flexibility index (Phi) is 5.63. The Balaban J connectivity index is 1.67. The van der Waals surface area contributed by atoms with Crippen LogP contribution in [0.3, 0.4) is 0 Å². The van der Waals surface area contributed by atoms with Crippen molar-refractivity contribution in [2.24, 2.45) is 0 Å². The first kappa shape index (κ1) is 21.9. The number of aliphatic hydroxyl groups excluding tert-OH is 1. The number of amides is 1. The molecule has 1 aliphatic heterocycles. The lowest BCUT2D eigenvalue weighted by Gasteiger charge is -2.22. The fraction of sp³-hybridized carbons (Fsp3) is 0.148. The lowest BCUT2D eigenvalue weighted by atomic mass is 9.95. The summed E-state index contributed by atoms with van der Waals surface area (Å²) in [5.74, 6) is -1.02. The van der Waals surface area contributed by atoms with Gasteiger partial charge in [-0.15, -0.1) is 0 Å². The second-order valence-corrected chi connectivity index (χ2v) is 9.01. The maximum atomic E-state index is 13.3. The molecule has 1 fully saturated rings. The summed E-state index contributed by atoms with van der Waals surface area (Å²) in [6.45, 7) is 4.40. The van der Waals surface area contributed by atoms with Gasteiger partial charge >= 0.3 is 5.91 Å². The van der Waals surface area contributed by atoms with Crippen LogP contribution in [0.4, 0.5) is 5.13 Å². The maximum Gasteiger partial charge on any atom is 0.301 e. The molecule has 1 saturated heterocycles. The summed E-state index contributed by atoms with van der Waals surface area (Å²) >= 11 is 1.35. The fourth-order valence-electron chi connectivity index (χ4n) is 4.13. The molecule has 1 aromatic heterocycles. The van der Waals surface area contributed by atoms with Gasteiger partial charge in [-0.25, -0.2) is 4.98 Å². The SMILES string of the molecule is CCOc1ccc(/C(O)=C2\C(=O)C(=O)N(c3nc4ccc(C)cc4s3)[C@@H]2c2ccccc2)cc1. The van der Waals surface area contributed by atoms with Crippen LogP contribution >= 0.6 is 11.3 Å². The second-order valence-electron chi connectivity index (χ2n) is 8.00. The molecule has 170 valence electrons. The Labute approximate surface area is 200 Å². The van der Waals surface area contributed by atoms with E-state index >= 15 is 0 Å². The van der Waals surface area contributed by atoms with E-state index in [1.807, 2.05) is 62.4 Å². The summed E-state index contributed by atoms with van der Waals surface area (Å²) in [5.41, 5.74) is 3.02. The summed E-state index contributed by atoms with van der Waals surface area (Å²) in [4.78, 5) is 32.6. The highest BCUT2D eigenvalue weighted by Gasteiger charge is 2.48. The van der Waals surface area contributed by atoms with Crippen LogP contribution in [0.2, 0.25) is 0 Å². The lowest BCUT2D eigenvalue weighted by molar-refractivity contribution is -0.132. The minimum absolute atomic E-state index is 0.0378. The summed E-state index contributed by atoms with van der Waals surface area (Å²) < 4.78 is 6.40. The highest BCUT2D eigenvalue weighted by atomic mass is 32.1. The van der Waals surface area contributed by atoms with Gasteiger partial charge in [-0.2, -0.15) is 0 Å². The van der Waals surface area contributed by atoms with Crippen molar-refractivity contribution in [2.45, 2.75) is 19.9 Å². The molecule has 5 rings (SSSR count). The van der Waals surface area contributed by atoms with Crippen LogP contribution in [0.5, 0.6) is 5.75 Å². The van der Waals surface area contributed by atoms with Crippen LogP contribution in [-0.2, 0) is 9.59 Å². The number of ether oxygens (including phenoxy) is 1. The molecule has 0 saturated carbocycles. The minimum Gasteiger partial charge on any atom is -0.507 e. The van der Waals surface area contributed by atoms with E-state index in [1.165, 1.54) is 16.2 Å². The average Bonchev–Trinajstić information content (AvgIpc) is 3.37. The first-order chi connectivity index (χ1) is 16.5. The zero-order valence-electron chi connectivity index (χ0n) is 18.7. The monoisotopic (exact) mass is 470 g/mol. The number of aromatic nitrogens is 1. The smallest absolute Gasteiger partial charge is 0.301 e. The van der Waals surface area contributed by atoms with E-state index in [0.717, 1.165) is 15.8 Å². The summed E-state index contributed by atoms with van der Waals surface area (Å²) in [7, 11) is 0. The van der Waals surface area contributed by atoms with E-state index in [4.69, 9.17) is 4.74 Å². The Morgan fingerprint density at radius 3 is 2.50 bits per heavy atom. The molecule has 0 spiro atoms. The average molecular weight is 471 g/mol. The van der Waals surface area contributed by atoms with E-state index in [1.54, 1.807) is 24.3 Å². The van der Waals surface area contributed by atoms with Gasteiger partial charge in [0.05, 0.1) is 28.4 Å². The molecule has 3 aromatic carbocycles. The molecule has 4 aromatic rings. The molecular formula is C27H22N2O4S. The van der Waals surface area contributed by atoms with Crippen LogP contribution in [0.1, 0.15) is 29.7 Å². The first-order valence-corrected chi connectivity index (χ1v) is 11.8. The summed E-state index contributed by atoms with van der Waals surface area (Å²) in [6, 6.07) is 21.1. The highest BCUT2D eigenvalue weighted by molar-refractivity contribution is 7.22. The molecule has 0 aliphatic carbocycles. The van der Waals surface area contributed by atoms with Gasteiger partial charge in [0.15, 0.2) is 5.13 Å². The standard InChI is InChI=1S/C27H22N2O4S/c1-3-33-19-12-10-18(11-13-19)24(30)22-23(17-7-5-4-6-8-17)29(26(32)25(22)31)27-28-20-14-9-16(2)15-21(20)34-27/h4-15,23,30H,3H2,1-2H3/b24-22+/t23-/m1/s1. The number of anilines is 1. The largest absolute Gasteiger partial charge is 0.507 e. The van der Waals surface area contributed by atoms with Gasteiger partial charge in [0.1, 0.15) is 11.5 Å². The highest BCUT2D eigenvalue weighted by Crippen LogP contribution is 2.44. The molecule has 34 heavy (non-hydrogen) atoms. The molecule has 1 atom stereocenters. The molecule has 0 bridgehead atoms. The number of benzene rings is 3. The topological polar surface area (TPSA) is 79.7 Å². The lowest BCUT2D eigenvalue weighted by Crippen LogP contribution is -2.29. The number of thiazole rings is 1. The van der Waals surface area contributed by atoms with Gasteiger partial charge in [-0.05, 0) is 61.4 Å². The van der Waals surface area contributed by atoms with Crippen molar-refractivity contribution >= 4 is 44.1 Å². The molecule has 6 nitrogen and oxygen atoms in total. The van der Waals surface area contributed by atoms with Crippen LogP contribution in [0.25, 0.3) is 16.0 Å². The first-order valence-electron chi connectivity index (χ1n) is 10.9. The third-order valence-corrected chi connectivity index (χ3v) is 6.75. The molecule has 0 unspecified atom stereocenters.